The van der Waals surface area contributed by atoms with Gasteiger partial charge < -0.3 is 61.7 Å². The van der Waals surface area contributed by atoms with E-state index in [0.29, 0.717) is 158 Å². The third-order valence-electron chi connectivity index (χ3n) is 20.5. The maximum absolute atomic E-state index is 12.6. The van der Waals surface area contributed by atoms with Gasteiger partial charge >= 0.3 is 24.8 Å². The van der Waals surface area contributed by atoms with Crippen LogP contribution < -0.4 is 46.3 Å². The number of hydrogen-bond donors (Lipinski definition) is 6. The van der Waals surface area contributed by atoms with E-state index in [1.807, 2.05) is 72.8 Å². The Morgan fingerprint density at radius 3 is 1.06 bits per heavy atom. The second kappa shape index (κ2) is 57.5. The van der Waals surface area contributed by atoms with Gasteiger partial charge in [-0.2, -0.15) is 0 Å². The summed E-state index contributed by atoms with van der Waals surface area (Å²) in [5.74, 6) is -1.07. The number of halogens is 6. The number of anilines is 2. The van der Waals surface area contributed by atoms with Gasteiger partial charge in [-0.05, 0) is 157 Å². The van der Waals surface area contributed by atoms with Gasteiger partial charge in [-0.15, -0.1) is 0 Å². The third kappa shape index (κ3) is 39.1. The maximum atomic E-state index is 12.6. The van der Waals surface area contributed by atoms with Gasteiger partial charge in [0.05, 0.1) is 132 Å². The zero-order chi connectivity index (χ0) is 91.7. The number of carboxylic acid groups (broad SMARTS) is 1. The Hall–Kier alpha value is -9.68. The number of ether oxygens (including phenoxy) is 5. The Bertz CT molecular complexity index is 4870. The van der Waals surface area contributed by atoms with Crippen LogP contribution >= 0.6 is 69.6 Å². The van der Waals surface area contributed by atoms with E-state index in [4.69, 9.17) is 110 Å². The Balaban J connectivity index is 0.000000277. The van der Waals surface area contributed by atoms with Crippen molar-refractivity contribution < 1.29 is 102 Å². The second-order valence-electron chi connectivity index (χ2n) is 30.0. The predicted octanol–water partition coefficient (Wildman–Crippen LogP) is 12.7. The number of non-ortho nitro benzene ring substituents is 2. The molecule has 0 unspecified atom stereocenters. The van der Waals surface area contributed by atoms with Crippen LogP contribution in [-0.2, 0) is 77.0 Å². The molecule has 129 heavy (non-hydrogen) atoms. The number of amides is 2. The summed E-state index contributed by atoms with van der Waals surface area (Å²) >= 11 is 36.3. The summed E-state index contributed by atoms with van der Waals surface area (Å²) in [5.41, 5.74) is 16.9. The molecule has 0 spiro atoms. The van der Waals surface area contributed by atoms with E-state index in [0.717, 1.165) is 111 Å². The first kappa shape index (κ1) is 108. The third-order valence-corrected chi connectivity index (χ3v) is 22.7. The van der Waals surface area contributed by atoms with Crippen molar-refractivity contribution in [2.24, 2.45) is 11.5 Å². The molecule has 0 aliphatic carbocycles. The summed E-state index contributed by atoms with van der Waals surface area (Å²) < 4.78 is 28.2. The minimum Gasteiger partial charge on any atom is -0.870 e. The molecule has 8 aromatic rings. The Morgan fingerprint density at radius 2 is 0.744 bits per heavy atom. The molecule has 8 aromatic carbocycles. The molecule has 2 amide bonds. The molecule has 9 N–H and O–H groups in total. The molecular weight excluding hydrogens is 1790 g/mol. The van der Waals surface area contributed by atoms with Crippen LogP contribution in [0.15, 0.2) is 164 Å². The zero-order valence-electron chi connectivity index (χ0n) is 71.2. The SMILES string of the molecule is NC(=O)c1ccc(CCC(=O)CC[C@H]2CN(Cc3ccc(Cl)c(Cl)c3)CCO2)cc1.NCCOCCNc1ccc([N+](=O)[O-])cc1[N+](=O)[O-].O=C(CCc1ccc(C(=O)NCCOCCNc2ccc([N+](=O)[O-])cc2[N+](=O)[O-])cc1)CC[C@H]1CN(Cc2ccc(Cl)c(Cl)c2)CCO1.O=C(CCc1ccc(C(=O)O)cc1)CC[C@H]1CN(Cc2ccc(Cl)c(Cl)c2)CCO1.[Li+].[OH-]. The fraction of sp³-hybridized carbons (Fsp3) is 0.393. The number of primary amides is 1. The van der Waals surface area contributed by atoms with E-state index in [-0.39, 0.29) is 126 Å². The van der Waals surface area contributed by atoms with E-state index >= 15 is 0 Å². The number of carboxylic acids is 1. The number of benzene rings is 8. The van der Waals surface area contributed by atoms with Crippen molar-refractivity contribution in [2.45, 2.75) is 115 Å². The number of nitro groups is 4. The number of nitro benzene ring substituents is 4. The number of Topliss-reactive ketones (excluding diaryl/α,β-unsaturated/α-hetero) is 3. The summed E-state index contributed by atoms with van der Waals surface area (Å²) in [6.07, 6.45) is 6.82. The number of morpholine rings is 3. The molecule has 3 aliphatic heterocycles. The topological polar surface area (TPSA) is 469 Å². The van der Waals surface area contributed by atoms with Crippen LogP contribution in [0.5, 0.6) is 0 Å². The summed E-state index contributed by atoms with van der Waals surface area (Å²) in [6.45, 7) is 11.5. The molecule has 0 saturated carbocycles. The Morgan fingerprint density at radius 1 is 0.419 bits per heavy atom. The molecule has 688 valence electrons. The first-order chi connectivity index (χ1) is 60.9. The molecule has 11 rings (SSSR count). The van der Waals surface area contributed by atoms with Gasteiger partial charge in [0.15, 0.2) is 0 Å². The largest absolute Gasteiger partial charge is 1.00 e. The summed E-state index contributed by atoms with van der Waals surface area (Å²) in [7, 11) is 0. The van der Waals surface area contributed by atoms with Crippen molar-refractivity contribution in [1.29, 1.82) is 0 Å². The standard InChI is InChI=1S/C33H37Cl2N5O8.C23H26Cl2N2O3.C23H25Cl2NO4.C10H14N4O5.Li.H2O/c34-29-11-4-24(19-30(29)35)21-38-15-18-48-28(22-38)10-9-27(41)8-3-23-1-5-25(6-2-23)33(42)37-14-17-47-16-13-36-31-12-7-26(39(43)44)20-32(31)40(45)46;24-21-10-4-17(13-22(21)25)14-27-11-12-30-20(15-27)9-8-19(28)7-3-16-1-5-18(6-2-16)23(26)29;24-21-10-4-17(13-22(21)25)14-26-11-12-30-20(15-26)9-8-19(27)7-3-16-1-5-18(6-2-16)23(28)29;11-3-5-19-6-4-12-9-2-1-8(13(15)16)7-10(9)14(17)18;;/h1-2,4-7,11-12,19-20,28,36H,3,8-10,13-18,21-22H2,(H,37,42);1-2,4-6,10,13,20H,3,7-9,11-12,14-15H2,(H2,26,29);1-2,4-6,10,13,20H,3,7-9,11-12,14-15H2,(H,28,29);1-2,7,12H,3-6,11H2;;1H2/q;;;;+1;/p-1/t28-;2*20-;;;/m000.../s1. The van der Waals surface area contributed by atoms with Gasteiger partial charge in [-0.3, -0.25) is 79.1 Å². The van der Waals surface area contributed by atoms with Gasteiger partial charge in [0, 0.05) is 147 Å². The molecule has 3 heterocycles. The number of carbonyl (C=O) groups excluding carboxylic acids is 5. The fourth-order valence-electron chi connectivity index (χ4n) is 13.7. The average Bonchev–Trinajstić information content (AvgIpc) is 0.855. The van der Waals surface area contributed by atoms with E-state index in [1.54, 1.807) is 54.6 Å². The van der Waals surface area contributed by atoms with Crippen LogP contribution in [-0.4, -0.2) is 210 Å². The van der Waals surface area contributed by atoms with Crippen LogP contribution in [0.1, 0.15) is 122 Å². The Labute approximate surface area is 788 Å². The number of nitrogens with two attached hydrogens (primary N) is 2. The summed E-state index contributed by atoms with van der Waals surface area (Å²) in [5, 5.41) is 64.1. The van der Waals surface area contributed by atoms with Gasteiger partial charge in [0.2, 0.25) is 5.91 Å². The first-order valence-corrected chi connectivity index (χ1v) is 43.4. The van der Waals surface area contributed by atoms with Crippen LogP contribution in [0.3, 0.4) is 0 Å². The predicted molar refractivity (Wildman–Crippen MR) is 488 cm³/mol. The minimum atomic E-state index is -0.946. The monoisotopic (exact) mass is 1890 g/mol. The van der Waals surface area contributed by atoms with Gasteiger partial charge in [-0.25, -0.2) is 4.79 Å². The number of rotatable bonds is 44. The molecule has 3 fully saturated rings. The molecule has 0 radical (unpaired) electrons. The Kier molecular flexibility index (Phi) is 48.2. The number of aromatic carboxylic acids is 1. The zero-order valence-corrected chi connectivity index (χ0v) is 75.7. The van der Waals surface area contributed by atoms with Crippen LogP contribution in [0.4, 0.5) is 34.1 Å². The van der Waals surface area contributed by atoms with E-state index in [9.17, 15) is 69.2 Å². The van der Waals surface area contributed by atoms with Gasteiger partial charge in [0.1, 0.15) is 28.7 Å². The van der Waals surface area contributed by atoms with Crippen molar-refractivity contribution in [3.63, 3.8) is 0 Å². The molecule has 0 aromatic heterocycles. The average molecular weight is 1900 g/mol. The molecule has 33 nitrogen and oxygen atoms in total. The van der Waals surface area contributed by atoms with Crippen molar-refractivity contribution in [3.05, 3.63) is 284 Å². The summed E-state index contributed by atoms with van der Waals surface area (Å²) in [6, 6.07) is 44.7. The quantitative estimate of drug-likeness (QED) is 0.00894. The normalized spacial score (nSPS) is 14.9. The number of carbonyl (C=O) groups is 6. The summed E-state index contributed by atoms with van der Waals surface area (Å²) in [4.78, 5) is 119. The number of hydrogen-bond acceptors (Lipinski definition) is 26. The van der Waals surface area contributed by atoms with Crippen LogP contribution in [0, 0.1) is 40.5 Å². The van der Waals surface area contributed by atoms with Crippen LogP contribution in [0.2, 0.25) is 30.1 Å². The molecular formula is C89H103Cl6LiN12O21. The minimum absolute atomic E-state index is 0. The first-order valence-electron chi connectivity index (χ1n) is 41.1. The van der Waals surface area contributed by atoms with Crippen molar-refractivity contribution in [3.8, 4) is 0 Å². The maximum Gasteiger partial charge on any atom is 1.00 e. The molecule has 0 bridgehead atoms. The number of ketones is 3. The molecule has 3 saturated heterocycles. The molecule has 3 aliphatic rings. The smallest absolute Gasteiger partial charge is 0.870 e. The number of nitrogens with one attached hydrogen (secondary N) is 3. The van der Waals surface area contributed by atoms with Crippen LogP contribution in [0.25, 0.3) is 0 Å². The van der Waals surface area contributed by atoms with E-state index in [1.165, 1.54) is 24.3 Å². The number of aryl methyl sites for hydroxylation is 3. The van der Waals surface area contributed by atoms with Crippen molar-refractivity contribution in [2.75, 3.05) is 122 Å². The van der Waals surface area contributed by atoms with Crippen molar-refractivity contribution in [1.82, 2.24) is 20.0 Å². The van der Waals surface area contributed by atoms with E-state index < -0.39 is 37.3 Å². The van der Waals surface area contributed by atoms with Gasteiger partial charge in [-0.1, -0.05) is 124 Å². The second-order valence-corrected chi connectivity index (χ2v) is 32.4. The van der Waals surface area contributed by atoms with Gasteiger partial charge in [0.25, 0.3) is 28.7 Å². The van der Waals surface area contributed by atoms with E-state index in [2.05, 4.69) is 30.7 Å². The fourth-order valence-corrected chi connectivity index (χ4v) is 14.6. The molecule has 40 heteroatoms. The van der Waals surface area contributed by atoms with Crippen molar-refractivity contribution >= 4 is 139 Å². The molecule has 3 atom stereocenters. The number of nitrogens with zero attached hydrogens (tertiary/aromatic N) is 7.